The predicted molar refractivity (Wildman–Crippen MR) is 241 cm³/mol. The second kappa shape index (κ2) is 12.1. The van der Waals surface area contributed by atoms with Crippen molar-refractivity contribution in [3.8, 4) is 6.07 Å². The van der Waals surface area contributed by atoms with Crippen LogP contribution in [0.15, 0.2) is 127 Å². The standard InChI is InChI=1S/C52H51BN4/c1-49(2,3)35-16-14-19-38(29-35)56-45-30-36(50(4,5)6)23-24-42(45)53-41-20-12-13-21-44(41)55(37-17-10-9-11-18-37)46-31-39(32-47(56)48(46)53)57-43-25-22-34(33-54)28-40(43)51(7)26-15-27-52(51,57)8/h9-14,16-25,28-32H,15,26-27H2,1-8H3. The highest BCUT2D eigenvalue weighted by molar-refractivity contribution is 7.00. The number of fused-ring (bicyclic) bond motifs is 7. The average molecular weight is 743 g/mol. The van der Waals surface area contributed by atoms with Gasteiger partial charge < -0.3 is 14.7 Å². The van der Waals surface area contributed by atoms with Crippen LogP contribution in [0.4, 0.5) is 45.5 Å². The van der Waals surface area contributed by atoms with Crippen LogP contribution in [0.25, 0.3) is 0 Å². The summed E-state index contributed by atoms with van der Waals surface area (Å²) in [5, 5.41) is 10.1. The molecule has 4 aliphatic rings. The van der Waals surface area contributed by atoms with E-state index in [4.69, 9.17) is 0 Å². The lowest BCUT2D eigenvalue weighted by Gasteiger charge is -2.47. The first-order valence-electron chi connectivity index (χ1n) is 20.7. The summed E-state index contributed by atoms with van der Waals surface area (Å²) in [6.07, 6.45) is 3.33. The van der Waals surface area contributed by atoms with E-state index in [1.54, 1.807) is 0 Å². The Kier molecular flexibility index (Phi) is 7.60. The topological polar surface area (TPSA) is 33.5 Å². The van der Waals surface area contributed by atoms with Crippen molar-refractivity contribution in [2.45, 2.75) is 96.4 Å². The van der Waals surface area contributed by atoms with Crippen molar-refractivity contribution in [1.82, 2.24) is 0 Å². The Morgan fingerprint density at radius 2 is 1.21 bits per heavy atom. The van der Waals surface area contributed by atoms with Crippen molar-refractivity contribution in [3.05, 3.63) is 150 Å². The molecule has 6 aromatic rings. The summed E-state index contributed by atoms with van der Waals surface area (Å²) in [4.78, 5) is 7.76. The van der Waals surface area contributed by atoms with Crippen LogP contribution in [-0.2, 0) is 16.2 Å². The van der Waals surface area contributed by atoms with E-state index in [1.165, 1.54) is 72.9 Å². The Balaban J connectivity index is 1.34. The van der Waals surface area contributed by atoms with Crippen molar-refractivity contribution in [1.29, 1.82) is 5.26 Å². The quantitative estimate of drug-likeness (QED) is 0.169. The number of anilines is 8. The summed E-state index contributed by atoms with van der Waals surface area (Å²) in [5.41, 5.74) is 18.0. The number of benzene rings is 6. The molecular formula is C52H51BN4. The molecule has 2 unspecified atom stereocenters. The molecule has 1 aliphatic carbocycles. The first-order chi connectivity index (χ1) is 27.2. The van der Waals surface area contributed by atoms with Gasteiger partial charge in [0.2, 0.25) is 0 Å². The number of para-hydroxylation sites is 2. The molecule has 2 atom stereocenters. The van der Waals surface area contributed by atoms with E-state index < -0.39 is 0 Å². The number of nitriles is 1. The van der Waals surface area contributed by atoms with E-state index >= 15 is 0 Å². The monoisotopic (exact) mass is 742 g/mol. The van der Waals surface area contributed by atoms with Crippen LogP contribution >= 0.6 is 0 Å². The molecule has 57 heavy (non-hydrogen) atoms. The van der Waals surface area contributed by atoms with Crippen molar-refractivity contribution in [3.63, 3.8) is 0 Å². The Hall–Kier alpha value is -5.73. The Morgan fingerprint density at radius 1 is 0.561 bits per heavy atom. The van der Waals surface area contributed by atoms with E-state index in [9.17, 15) is 5.26 Å². The minimum atomic E-state index is -0.170. The number of hydrogen-bond acceptors (Lipinski definition) is 4. The molecule has 0 spiro atoms. The first kappa shape index (κ1) is 35.7. The lowest BCUT2D eigenvalue weighted by atomic mass is 9.33. The molecule has 10 rings (SSSR count). The Labute approximate surface area is 339 Å². The summed E-state index contributed by atoms with van der Waals surface area (Å²) >= 11 is 0. The highest BCUT2D eigenvalue weighted by atomic mass is 15.3. The third kappa shape index (κ3) is 5.05. The van der Waals surface area contributed by atoms with E-state index in [2.05, 4.69) is 197 Å². The third-order valence-corrected chi connectivity index (χ3v) is 14.1. The molecule has 1 fully saturated rings. The minimum Gasteiger partial charge on any atom is -0.334 e. The van der Waals surface area contributed by atoms with Crippen LogP contribution in [0.5, 0.6) is 0 Å². The van der Waals surface area contributed by atoms with Crippen LogP contribution in [0.2, 0.25) is 0 Å². The van der Waals surface area contributed by atoms with Crippen LogP contribution in [0, 0.1) is 11.3 Å². The van der Waals surface area contributed by atoms with Crippen molar-refractivity contribution in [2.24, 2.45) is 0 Å². The molecular weight excluding hydrogens is 691 g/mol. The van der Waals surface area contributed by atoms with Gasteiger partial charge in [-0.3, -0.25) is 0 Å². The zero-order chi connectivity index (χ0) is 39.6. The summed E-state index contributed by atoms with van der Waals surface area (Å²) in [6, 6.07) is 50.4. The van der Waals surface area contributed by atoms with Gasteiger partial charge in [-0.05, 0) is 130 Å². The lowest BCUT2D eigenvalue weighted by Crippen LogP contribution is -2.61. The van der Waals surface area contributed by atoms with Gasteiger partial charge in [-0.25, -0.2) is 0 Å². The zero-order valence-corrected chi connectivity index (χ0v) is 34.6. The van der Waals surface area contributed by atoms with Gasteiger partial charge in [-0.1, -0.05) is 116 Å². The van der Waals surface area contributed by atoms with Gasteiger partial charge in [0, 0.05) is 50.9 Å². The largest absolute Gasteiger partial charge is 0.334 e. The summed E-state index contributed by atoms with van der Waals surface area (Å²) < 4.78 is 0. The van der Waals surface area contributed by atoms with Gasteiger partial charge in [0.25, 0.3) is 6.71 Å². The third-order valence-electron chi connectivity index (χ3n) is 14.1. The molecule has 4 nitrogen and oxygen atoms in total. The fraction of sp³-hybridized carbons (Fsp3) is 0.288. The molecule has 0 radical (unpaired) electrons. The predicted octanol–water partition coefficient (Wildman–Crippen LogP) is 11.6. The van der Waals surface area contributed by atoms with E-state index in [0.717, 1.165) is 30.5 Å². The maximum Gasteiger partial charge on any atom is 0.252 e. The van der Waals surface area contributed by atoms with Crippen LogP contribution < -0.4 is 31.1 Å². The fourth-order valence-corrected chi connectivity index (χ4v) is 10.8. The van der Waals surface area contributed by atoms with Gasteiger partial charge in [-0.15, -0.1) is 0 Å². The fourth-order valence-electron chi connectivity index (χ4n) is 10.8. The average Bonchev–Trinajstić information content (AvgIpc) is 3.60. The van der Waals surface area contributed by atoms with Crippen molar-refractivity contribution in [2.75, 3.05) is 14.7 Å². The molecule has 5 heteroatoms. The minimum absolute atomic E-state index is 0.0161. The van der Waals surface area contributed by atoms with E-state index in [-0.39, 0.29) is 28.5 Å². The first-order valence-corrected chi connectivity index (χ1v) is 20.7. The second-order valence-electron chi connectivity index (χ2n) is 19.4. The van der Waals surface area contributed by atoms with Gasteiger partial charge in [0.05, 0.1) is 17.2 Å². The number of rotatable bonds is 3. The SMILES string of the molecule is CC(C)(C)c1cccc(N2c3cc(C(C)(C)C)ccc3B3c4ccccc4N(c4ccccc4)c4cc(N5c6ccc(C#N)cc6C6(C)CCCC56C)cc2c43)c1. The van der Waals surface area contributed by atoms with Crippen molar-refractivity contribution < 1.29 is 0 Å². The smallest absolute Gasteiger partial charge is 0.252 e. The van der Waals surface area contributed by atoms with Crippen LogP contribution in [0.3, 0.4) is 0 Å². The summed E-state index contributed by atoms with van der Waals surface area (Å²) in [5.74, 6) is 0. The van der Waals surface area contributed by atoms with E-state index in [1.807, 2.05) is 6.07 Å². The second-order valence-corrected chi connectivity index (χ2v) is 19.4. The molecule has 0 N–H and O–H groups in total. The van der Waals surface area contributed by atoms with Crippen LogP contribution in [-0.4, -0.2) is 12.3 Å². The molecule has 1 saturated carbocycles. The molecule has 6 aromatic carbocycles. The Morgan fingerprint density at radius 3 is 1.93 bits per heavy atom. The molecule has 0 bridgehead atoms. The number of nitrogens with zero attached hydrogens (tertiary/aromatic N) is 4. The van der Waals surface area contributed by atoms with Crippen molar-refractivity contribution >= 4 is 68.6 Å². The molecule has 3 heterocycles. The maximum absolute atomic E-state index is 10.1. The van der Waals surface area contributed by atoms with Crippen LogP contribution in [0.1, 0.15) is 96.9 Å². The highest BCUT2D eigenvalue weighted by Gasteiger charge is 2.60. The summed E-state index contributed by atoms with van der Waals surface area (Å²) in [7, 11) is 0. The summed E-state index contributed by atoms with van der Waals surface area (Å²) in [6.45, 7) is 18.8. The van der Waals surface area contributed by atoms with Gasteiger partial charge >= 0.3 is 0 Å². The molecule has 282 valence electrons. The lowest BCUT2D eigenvalue weighted by molar-refractivity contribution is 0.330. The maximum atomic E-state index is 10.1. The zero-order valence-electron chi connectivity index (χ0n) is 34.6. The molecule has 3 aliphatic heterocycles. The highest BCUT2D eigenvalue weighted by Crippen LogP contribution is 2.63. The van der Waals surface area contributed by atoms with Gasteiger partial charge in [0.15, 0.2) is 0 Å². The Bertz CT molecular complexity index is 2660. The molecule has 0 aromatic heterocycles. The molecule has 0 saturated heterocycles. The van der Waals surface area contributed by atoms with Gasteiger partial charge in [0.1, 0.15) is 0 Å². The number of hydrogen-bond donors (Lipinski definition) is 0. The van der Waals surface area contributed by atoms with E-state index in [0.29, 0.717) is 0 Å². The van der Waals surface area contributed by atoms with Gasteiger partial charge in [-0.2, -0.15) is 5.26 Å². The normalized spacial score (nSPS) is 20.4. The molecule has 0 amide bonds.